The van der Waals surface area contributed by atoms with E-state index >= 15 is 0 Å². The van der Waals surface area contributed by atoms with Crippen LogP contribution in [0.25, 0.3) is 71.4 Å². The minimum absolute atomic E-state index is 0.297. The van der Waals surface area contributed by atoms with Crippen molar-refractivity contribution in [1.29, 1.82) is 0 Å². The van der Waals surface area contributed by atoms with Gasteiger partial charge in [-0.3, -0.25) is 0 Å². The summed E-state index contributed by atoms with van der Waals surface area (Å²) in [5.41, 5.74) is 17.2. The molecule has 2 aliphatic heterocycles. The number of ether oxygens (including phenoxy) is 2. The molecule has 0 radical (unpaired) electrons. The van der Waals surface area contributed by atoms with Gasteiger partial charge in [-0.1, -0.05) is 71.7 Å². The molecule has 0 saturated carbocycles. The second-order valence-corrected chi connectivity index (χ2v) is 18.5. The van der Waals surface area contributed by atoms with Crippen LogP contribution in [0.1, 0.15) is 34.7 Å². The molecule has 0 spiro atoms. The van der Waals surface area contributed by atoms with Crippen molar-refractivity contribution in [2.45, 2.75) is 54.1 Å². The van der Waals surface area contributed by atoms with Gasteiger partial charge in [-0.15, -0.1) is 4.57 Å². The van der Waals surface area contributed by atoms with Crippen molar-refractivity contribution in [2.75, 3.05) is 0 Å². The molecule has 3 aromatic heterocycles. The van der Waals surface area contributed by atoms with Crippen molar-refractivity contribution in [3.05, 3.63) is 170 Å². The second kappa shape index (κ2) is 14.4. The highest BCUT2D eigenvalue weighted by Gasteiger charge is 2.29. The van der Waals surface area contributed by atoms with Gasteiger partial charge in [-0.2, -0.15) is 0 Å². The Hall–Kier alpha value is -7.26. The zero-order valence-electron chi connectivity index (χ0n) is 36.9. The van der Waals surface area contributed by atoms with Gasteiger partial charge < -0.3 is 18.6 Å². The minimum atomic E-state index is 0.297. The summed E-state index contributed by atoms with van der Waals surface area (Å²) in [4.78, 5) is 15.3. The topological polar surface area (TPSA) is 69.8 Å². The lowest BCUT2D eigenvalue weighted by molar-refractivity contribution is -0.538. The molecule has 66 heavy (non-hydrogen) atoms. The monoisotopic (exact) mass is 899 g/mol. The van der Waals surface area contributed by atoms with Gasteiger partial charge in [0.1, 0.15) is 43.2 Å². The predicted octanol–water partition coefficient (Wildman–Crippen LogP) is 13.8. The molecule has 2 aliphatic rings. The van der Waals surface area contributed by atoms with Crippen LogP contribution in [0.4, 0.5) is 11.4 Å². The van der Waals surface area contributed by atoms with E-state index in [0.717, 1.165) is 90.9 Å². The highest BCUT2D eigenvalue weighted by Crippen LogP contribution is 2.47. The molecule has 10 heteroatoms. The summed E-state index contributed by atoms with van der Waals surface area (Å²) in [6.07, 6.45) is 0.820. The summed E-state index contributed by atoms with van der Waals surface area (Å²) in [5, 5.41) is 5.91. The predicted molar refractivity (Wildman–Crippen MR) is 266 cm³/mol. The lowest BCUT2D eigenvalue weighted by Crippen LogP contribution is -2.33. The number of benzene rings is 8. The highest BCUT2D eigenvalue weighted by atomic mass is 35.5. The number of aromatic nitrogens is 4. The molecule has 0 saturated heterocycles. The van der Waals surface area contributed by atoms with Crippen molar-refractivity contribution in [3.8, 4) is 28.7 Å². The third-order valence-corrected chi connectivity index (χ3v) is 14.6. The molecule has 0 unspecified atom stereocenters. The van der Waals surface area contributed by atoms with Crippen LogP contribution < -0.4 is 24.8 Å². The maximum atomic E-state index is 7.22. The molecule has 0 atom stereocenters. The van der Waals surface area contributed by atoms with Crippen molar-refractivity contribution < 1.29 is 14.0 Å². The summed E-state index contributed by atoms with van der Waals surface area (Å²) in [7, 11) is 0. The van der Waals surface area contributed by atoms with Gasteiger partial charge in [0.05, 0.1) is 11.0 Å². The first-order valence-electron chi connectivity index (χ1n) is 22.4. The van der Waals surface area contributed by atoms with E-state index in [0.29, 0.717) is 55.1 Å². The molecule has 0 bridgehead atoms. The first-order valence-corrected chi connectivity index (χ1v) is 23.1. The molecule has 11 aromatic rings. The fourth-order valence-electron chi connectivity index (χ4n) is 10.2. The summed E-state index contributed by atoms with van der Waals surface area (Å²) < 4.78 is 20.3. The Morgan fingerprint density at radius 2 is 1.02 bits per heavy atom. The van der Waals surface area contributed by atoms with Crippen molar-refractivity contribution in [2.24, 2.45) is 9.98 Å². The van der Waals surface area contributed by atoms with Gasteiger partial charge in [-0.05, 0) is 105 Å². The quantitative estimate of drug-likeness (QED) is 0.128. The Labute approximate surface area is 389 Å². The van der Waals surface area contributed by atoms with Crippen LogP contribution in [-0.4, -0.2) is 14.1 Å². The smallest absolute Gasteiger partial charge is 0.237 e. The molecular formula is C56H41Cl2N6O2+. The Morgan fingerprint density at radius 1 is 0.530 bits per heavy atom. The Bertz CT molecular complexity index is 4050. The number of fused-ring (bicyclic) bond motifs is 12. The van der Waals surface area contributed by atoms with Crippen molar-refractivity contribution in [1.82, 2.24) is 14.1 Å². The van der Waals surface area contributed by atoms with Gasteiger partial charge in [0.15, 0.2) is 23.0 Å². The first kappa shape index (κ1) is 39.1. The van der Waals surface area contributed by atoms with E-state index in [1.807, 2.05) is 6.07 Å². The van der Waals surface area contributed by atoms with Crippen LogP contribution in [0.3, 0.4) is 0 Å². The average molecular weight is 901 g/mol. The molecule has 0 amide bonds. The van der Waals surface area contributed by atoms with Gasteiger partial charge in [0.25, 0.3) is 0 Å². The molecule has 5 heterocycles. The van der Waals surface area contributed by atoms with E-state index in [9.17, 15) is 0 Å². The van der Waals surface area contributed by atoms with Gasteiger partial charge >= 0.3 is 0 Å². The number of rotatable bonds is 5. The fourth-order valence-corrected chi connectivity index (χ4v) is 10.7. The van der Waals surface area contributed by atoms with Crippen molar-refractivity contribution >= 4 is 100 Å². The van der Waals surface area contributed by atoms with Crippen LogP contribution in [0, 0.1) is 27.7 Å². The molecule has 8 aromatic carbocycles. The van der Waals surface area contributed by atoms with E-state index in [2.05, 4.69) is 164 Å². The highest BCUT2D eigenvalue weighted by molar-refractivity contribution is 6.35. The molecule has 0 fully saturated rings. The van der Waals surface area contributed by atoms with Gasteiger partial charge in [0.2, 0.25) is 16.7 Å². The van der Waals surface area contributed by atoms with E-state index in [4.69, 9.17) is 47.6 Å². The summed E-state index contributed by atoms with van der Waals surface area (Å²) in [5.74, 6) is 1.93. The Kier molecular flexibility index (Phi) is 8.52. The molecular weight excluding hydrogens is 860 g/mol. The zero-order chi connectivity index (χ0) is 44.7. The van der Waals surface area contributed by atoms with Crippen LogP contribution in [0.15, 0.2) is 131 Å². The van der Waals surface area contributed by atoms with Crippen molar-refractivity contribution in [3.63, 3.8) is 0 Å². The average Bonchev–Trinajstić information content (AvgIpc) is 3.81. The Morgan fingerprint density at radius 3 is 1.55 bits per heavy atom. The molecule has 13 rings (SSSR count). The largest absolute Gasteiger partial charge is 0.451 e. The minimum Gasteiger partial charge on any atom is -0.451 e. The lowest BCUT2D eigenvalue weighted by Gasteiger charge is -2.21. The SMILES string of the molecule is CCn1c2ccccc2c2cc3c(cc21)Oc1c(Cl)c2c(c(Cl)c1=N3)Oc1cc3c(cc1N=2)c1ccccc1n3CCc1ccc(-[n+]2c3cc(C)c(C)cc3nc3cc(C)c(C)cc32)cc1. The normalized spacial score (nSPS) is 12.8. The number of aryl methyl sites for hydroxylation is 7. The summed E-state index contributed by atoms with van der Waals surface area (Å²) in [6, 6.07) is 43.1. The zero-order valence-corrected chi connectivity index (χ0v) is 38.4. The molecule has 0 N–H and O–H groups in total. The number of halogens is 2. The maximum Gasteiger partial charge on any atom is 0.237 e. The maximum absolute atomic E-state index is 7.22. The number of nitrogens with zero attached hydrogens (tertiary/aromatic N) is 6. The van der Waals surface area contributed by atoms with E-state index in [-0.39, 0.29) is 0 Å². The number of para-hydroxylation sites is 2. The van der Waals surface area contributed by atoms with Crippen LogP contribution >= 0.6 is 23.2 Å². The van der Waals surface area contributed by atoms with Crippen LogP contribution in [0.5, 0.6) is 23.0 Å². The first-order chi connectivity index (χ1) is 32.1. The second-order valence-electron chi connectivity index (χ2n) is 17.7. The standard InChI is InChI=1S/C56H41Cl2N6O2/c1-6-62-43-13-9-7-11-35(43)37-25-41-49(27-45(37)62)65-55-51(57)54-56(52(58)53(55)60-41)66-50-28-46-38(26-42(50)61-54)36-12-8-10-14-44(36)63(46)20-19-33-15-17-34(18-16-33)64-47-23-31(4)29(2)21-39(47)59-40-22-30(3)32(5)24-48(40)64/h7-18,21-28H,6,19-20H2,1-5H3/q+1. The number of hydrogen-bond donors (Lipinski definition) is 0. The Balaban J connectivity index is 0.870. The fraction of sp³-hybridized carbons (Fsp3) is 0.143. The summed E-state index contributed by atoms with van der Waals surface area (Å²) in [6.45, 7) is 12.4. The third-order valence-electron chi connectivity index (χ3n) is 13.9. The summed E-state index contributed by atoms with van der Waals surface area (Å²) >= 11 is 14.4. The number of hydrogen-bond acceptors (Lipinski definition) is 5. The van der Waals surface area contributed by atoms with Gasteiger partial charge in [0, 0.05) is 82.1 Å². The molecule has 8 nitrogen and oxygen atoms in total. The van der Waals surface area contributed by atoms with Crippen LogP contribution in [0.2, 0.25) is 10.0 Å². The third kappa shape index (κ3) is 5.71. The molecule has 320 valence electrons. The van der Waals surface area contributed by atoms with E-state index < -0.39 is 0 Å². The van der Waals surface area contributed by atoms with Gasteiger partial charge in [-0.25, -0.2) is 15.0 Å². The molecule has 0 aliphatic carbocycles. The van der Waals surface area contributed by atoms with E-state index in [1.165, 1.54) is 27.8 Å². The lowest BCUT2D eigenvalue weighted by atomic mass is 10.1. The van der Waals surface area contributed by atoms with Crippen LogP contribution in [-0.2, 0) is 19.5 Å². The van der Waals surface area contributed by atoms with E-state index in [1.54, 1.807) is 0 Å².